The smallest absolute Gasteiger partial charge is 0.251 e. The van der Waals surface area contributed by atoms with E-state index in [2.05, 4.69) is 42.9 Å². The van der Waals surface area contributed by atoms with Crippen LogP contribution in [0.3, 0.4) is 0 Å². The van der Waals surface area contributed by atoms with Crippen LogP contribution in [0.15, 0.2) is 54.6 Å². The third-order valence-corrected chi connectivity index (χ3v) is 8.14. The quantitative estimate of drug-likeness (QED) is 0.559. The molecule has 5 heteroatoms. The molecule has 1 aliphatic heterocycles. The van der Waals surface area contributed by atoms with Gasteiger partial charge in [-0.05, 0) is 82.2 Å². The fraction of sp³-hybridized carbons (Fsp3) is 0.533. The number of carbonyl (C=O) groups is 2. The van der Waals surface area contributed by atoms with Gasteiger partial charge in [0.05, 0.1) is 0 Å². The van der Waals surface area contributed by atoms with Gasteiger partial charge in [0.25, 0.3) is 5.91 Å². The predicted molar refractivity (Wildman–Crippen MR) is 142 cm³/mol. The van der Waals surface area contributed by atoms with Crippen molar-refractivity contribution in [2.45, 2.75) is 83.5 Å². The summed E-state index contributed by atoms with van der Waals surface area (Å²) < 4.78 is 0. The highest BCUT2D eigenvalue weighted by Gasteiger charge is 2.42. The second kappa shape index (κ2) is 11.4. The van der Waals surface area contributed by atoms with Crippen LogP contribution in [0.1, 0.15) is 69.7 Å². The van der Waals surface area contributed by atoms with Crippen molar-refractivity contribution in [1.82, 2.24) is 15.1 Å². The Kier molecular flexibility index (Phi) is 8.27. The van der Waals surface area contributed by atoms with Crippen LogP contribution in [-0.2, 0) is 4.79 Å². The van der Waals surface area contributed by atoms with Crippen molar-refractivity contribution in [3.8, 4) is 11.1 Å². The van der Waals surface area contributed by atoms with E-state index in [1.165, 1.54) is 0 Å². The van der Waals surface area contributed by atoms with Crippen LogP contribution in [0.5, 0.6) is 0 Å². The number of nitrogens with zero attached hydrogens (tertiary/aromatic N) is 2. The van der Waals surface area contributed by atoms with Crippen LogP contribution >= 0.6 is 0 Å². The first-order valence-corrected chi connectivity index (χ1v) is 13.4. The summed E-state index contributed by atoms with van der Waals surface area (Å²) in [4.78, 5) is 31.1. The highest BCUT2D eigenvalue weighted by Crippen LogP contribution is 2.36. The summed E-state index contributed by atoms with van der Waals surface area (Å²) in [6.45, 7) is 7.50. The molecule has 1 aliphatic carbocycles. The van der Waals surface area contributed by atoms with Crippen molar-refractivity contribution in [2.24, 2.45) is 5.92 Å². The SMILES string of the molecule is CCC[C@H]1C[C@H](N(C)C(C)C)CC[C@@H]1N1CC[C@H](NC(=O)c2cccc(-c3ccccc3)c2)C1=O. The van der Waals surface area contributed by atoms with Crippen LogP contribution in [-0.4, -0.2) is 59.4 Å². The molecule has 1 N–H and O–H groups in total. The number of likely N-dealkylation sites (tertiary alicyclic amines) is 1. The molecule has 4 atom stereocenters. The Balaban J connectivity index is 1.41. The van der Waals surface area contributed by atoms with E-state index in [0.717, 1.165) is 49.8 Å². The fourth-order valence-corrected chi connectivity index (χ4v) is 5.98. The Bertz CT molecular complexity index is 1010. The van der Waals surface area contributed by atoms with Gasteiger partial charge < -0.3 is 15.1 Å². The molecule has 2 aliphatic rings. The molecule has 0 unspecified atom stereocenters. The molecular weight excluding hydrogens is 434 g/mol. The van der Waals surface area contributed by atoms with E-state index in [9.17, 15) is 9.59 Å². The van der Waals surface area contributed by atoms with E-state index in [1.807, 2.05) is 54.6 Å². The lowest BCUT2D eigenvalue weighted by Crippen LogP contribution is -2.51. The summed E-state index contributed by atoms with van der Waals surface area (Å²) in [5.41, 5.74) is 2.67. The molecule has 1 saturated heterocycles. The van der Waals surface area contributed by atoms with Crippen LogP contribution in [0.25, 0.3) is 11.1 Å². The van der Waals surface area contributed by atoms with Gasteiger partial charge in [-0.25, -0.2) is 0 Å². The lowest BCUT2D eigenvalue weighted by atomic mass is 9.77. The fourth-order valence-electron chi connectivity index (χ4n) is 5.98. The van der Waals surface area contributed by atoms with Crippen molar-refractivity contribution in [3.05, 3.63) is 60.2 Å². The van der Waals surface area contributed by atoms with Gasteiger partial charge in [-0.1, -0.05) is 55.8 Å². The number of hydrogen-bond acceptors (Lipinski definition) is 3. The average Bonchev–Trinajstić information content (AvgIpc) is 3.23. The Morgan fingerprint density at radius 1 is 1.06 bits per heavy atom. The van der Waals surface area contributed by atoms with Crippen molar-refractivity contribution < 1.29 is 9.59 Å². The number of nitrogens with one attached hydrogen (secondary N) is 1. The summed E-state index contributed by atoms with van der Waals surface area (Å²) in [5, 5.41) is 3.04. The van der Waals surface area contributed by atoms with Crippen LogP contribution in [0, 0.1) is 5.92 Å². The minimum atomic E-state index is -0.429. The zero-order valence-corrected chi connectivity index (χ0v) is 21.7. The van der Waals surface area contributed by atoms with Gasteiger partial charge in [0, 0.05) is 30.2 Å². The molecule has 4 rings (SSSR count). The summed E-state index contributed by atoms with van der Waals surface area (Å²) >= 11 is 0. The van der Waals surface area contributed by atoms with Crippen molar-refractivity contribution in [1.29, 1.82) is 0 Å². The highest BCUT2D eigenvalue weighted by molar-refractivity contribution is 5.99. The Hall–Kier alpha value is -2.66. The maximum Gasteiger partial charge on any atom is 0.251 e. The summed E-state index contributed by atoms with van der Waals surface area (Å²) in [6.07, 6.45) is 6.32. The van der Waals surface area contributed by atoms with Gasteiger partial charge in [-0.3, -0.25) is 9.59 Å². The molecule has 0 radical (unpaired) electrons. The van der Waals surface area contributed by atoms with Gasteiger partial charge in [-0.15, -0.1) is 0 Å². The molecule has 188 valence electrons. The molecule has 0 bridgehead atoms. The van der Waals surface area contributed by atoms with Gasteiger partial charge in [0.1, 0.15) is 6.04 Å². The van der Waals surface area contributed by atoms with E-state index < -0.39 is 6.04 Å². The first-order valence-electron chi connectivity index (χ1n) is 13.4. The Morgan fingerprint density at radius 2 is 1.80 bits per heavy atom. The third kappa shape index (κ3) is 5.78. The van der Waals surface area contributed by atoms with E-state index >= 15 is 0 Å². The highest BCUT2D eigenvalue weighted by atomic mass is 16.2. The minimum absolute atomic E-state index is 0.0966. The monoisotopic (exact) mass is 475 g/mol. The molecule has 0 spiro atoms. The van der Waals surface area contributed by atoms with Crippen LogP contribution < -0.4 is 5.32 Å². The maximum absolute atomic E-state index is 13.4. The van der Waals surface area contributed by atoms with Crippen LogP contribution in [0.4, 0.5) is 0 Å². The van der Waals surface area contributed by atoms with Gasteiger partial charge in [0.15, 0.2) is 0 Å². The third-order valence-electron chi connectivity index (χ3n) is 8.14. The largest absolute Gasteiger partial charge is 0.340 e. The minimum Gasteiger partial charge on any atom is -0.340 e. The zero-order chi connectivity index (χ0) is 24.9. The molecule has 2 aromatic rings. The second-order valence-electron chi connectivity index (χ2n) is 10.6. The summed E-state index contributed by atoms with van der Waals surface area (Å²) in [7, 11) is 2.23. The molecule has 2 aromatic carbocycles. The van der Waals surface area contributed by atoms with E-state index in [4.69, 9.17) is 0 Å². The lowest BCUT2D eigenvalue weighted by Gasteiger charge is -2.44. The maximum atomic E-state index is 13.4. The number of benzene rings is 2. The standard InChI is InChI=1S/C30H41N3O2/c1-5-10-24-20-26(32(4)21(2)3)15-16-28(24)33-18-17-27(30(33)35)31-29(34)25-14-9-13-23(19-25)22-11-7-6-8-12-22/h6-9,11-14,19,21,24,26-28H,5,10,15-18,20H2,1-4H3,(H,31,34)/t24-,26+,27-,28-/m0/s1. The molecular formula is C30H41N3O2. The number of carbonyl (C=O) groups excluding carboxylic acids is 2. The topological polar surface area (TPSA) is 52.6 Å². The normalized spacial score (nSPS) is 24.9. The summed E-state index contributed by atoms with van der Waals surface area (Å²) in [6, 6.07) is 18.7. The molecule has 1 heterocycles. The van der Waals surface area contributed by atoms with Crippen molar-refractivity contribution >= 4 is 11.8 Å². The van der Waals surface area contributed by atoms with Crippen molar-refractivity contribution in [2.75, 3.05) is 13.6 Å². The van der Waals surface area contributed by atoms with E-state index in [0.29, 0.717) is 36.0 Å². The molecule has 2 fully saturated rings. The molecule has 2 amide bonds. The van der Waals surface area contributed by atoms with E-state index in [1.54, 1.807) is 0 Å². The second-order valence-corrected chi connectivity index (χ2v) is 10.6. The Morgan fingerprint density at radius 3 is 2.51 bits per heavy atom. The number of rotatable bonds is 8. The van der Waals surface area contributed by atoms with Gasteiger partial charge in [0.2, 0.25) is 5.91 Å². The molecule has 5 nitrogen and oxygen atoms in total. The Labute approximate surface area is 210 Å². The van der Waals surface area contributed by atoms with Gasteiger partial charge in [-0.2, -0.15) is 0 Å². The van der Waals surface area contributed by atoms with Gasteiger partial charge >= 0.3 is 0 Å². The molecule has 1 saturated carbocycles. The zero-order valence-electron chi connectivity index (χ0n) is 21.7. The number of hydrogen-bond donors (Lipinski definition) is 1. The lowest BCUT2D eigenvalue weighted by molar-refractivity contribution is -0.133. The first-order chi connectivity index (χ1) is 16.9. The first kappa shape index (κ1) is 25.4. The average molecular weight is 476 g/mol. The molecule has 0 aromatic heterocycles. The molecule has 35 heavy (non-hydrogen) atoms. The van der Waals surface area contributed by atoms with Crippen molar-refractivity contribution in [3.63, 3.8) is 0 Å². The van der Waals surface area contributed by atoms with Crippen LogP contribution in [0.2, 0.25) is 0 Å². The summed E-state index contributed by atoms with van der Waals surface area (Å²) in [5.74, 6) is 0.454. The predicted octanol–water partition coefficient (Wildman–Crippen LogP) is 5.36. The van der Waals surface area contributed by atoms with E-state index in [-0.39, 0.29) is 11.8 Å². The number of amides is 2.